The third-order valence-corrected chi connectivity index (χ3v) is 2.55. The lowest BCUT2D eigenvalue weighted by atomic mass is 10.1. The van der Waals surface area contributed by atoms with Crippen molar-refractivity contribution < 1.29 is 14.6 Å². The number of ether oxygens (including phenoxy) is 1. The number of carboxylic acid groups (broad SMARTS) is 1. The maximum Gasteiger partial charge on any atom is 0.344 e. The Balaban J connectivity index is 2.67. The monoisotopic (exact) mass is 267 g/mol. The SMILES string of the molecule is CCCC(Oc1ccc(CC(N)=S)cc1)C(=O)O. The van der Waals surface area contributed by atoms with Gasteiger partial charge < -0.3 is 15.6 Å². The van der Waals surface area contributed by atoms with E-state index in [2.05, 4.69) is 0 Å². The van der Waals surface area contributed by atoms with Crippen LogP contribution in [0.4, 0.5) is 0 Å². The molecule has 0 heterocycles. The van der Waals surface area contributed by atoms with Gasteiger partial charge in [0.05, 0.1) is 4.99 Å². The standard InChI is InChI=1S/C13H17NO3S/c1-2-3-11(13(15)16)17-10-6-4-9(5-7-10)8-12(14)18/h4-7,11H,2-3,8H2,1H3,(H2,14,18)(H,15,16). The van der Waals surface area contributed by atoms with Crippen LogP contribution < -0.4 is 10.5 Å². The average molecular weight is 267 g/mol. The van der Waals surface area contributed by atoms with E-state index in [9.17, 15) is 4.79 Å². The summed E-state index contributed by atoms with van der Waals surface area (Å²) in [6.45, 7) is 1.92. The summed E-state index contributed by atoms with van der Waals surface area (Å²) >= 11 is 4.82. The summed E-state index contributed by atoms with van der Waals surface area (Å²) in [6.07, 6.45) is 0.990. The fourth-order valence-electron chi connectivity index (χ4n) is 1.55. The van der Waals surface area contributed by atoms with Gasteiger partial charge >= 0.3 is 5.97 Å². The minimum atomic E-state index is -0.941. The molecule has 0 aliphatic rings. The van der Waals surface area contributed by atoms with Gasteiger partial charge in [0.1, 0.15) is 5.75 Å². The largest absolute Gasteiger partial charge is 0.479 e. The number of rotatable bonds is 7. The zero-order valence-corrected chi connectivity index (χ0v) is 11.1. The first kappa shape index (κ1) is 14.4. The van der Waals surface area contributed by atoms with Gasteiger partial charge in [-0.15, -0.1) is 0 Å². The Morgan fingerprint density at radius 1 is 1.44 bits per heavy atom. The zero-order chi connectivity index (χ0) is 13.5. The van der Waals surface area contributed by atoms with Crippen molar-refractivity contribution in [2.24, 2.45) is 5.73 Å². The predicted molar refractivity (Wildman–Crippen MR) is 73.9 cm³/mol. The van der Waals surface area contributed by atoms with Crippen LogP contribution in [0.1, 0.15) is 25.3 Å². The summed E-state index contributed by atoms with van der Waals surface area (Å²) in [5.74, 6) is -0.397. The van der Waals surface area contributed by atoms with Crippen LogP contribution in [0.5, 0.6) is 5.75 Å². The first-order valence-electron chi connectivity index (χ1n) is 5.79. The molecule has 0 fully saturated rings. The summed E-state index contributed by atoms with van der Waals surface area (Å²) in [7, 11) is 0. The van der Waals surface area contributed by atoms with E-state index in [0.717, 1.165) is 12.0 Å². The predicted octanol–water partition coefficient (Wildman–Crippen LogP) is 2.15. The quantitative estimate of drug-likeness (QED) is 0.741. The van der Waals surface area contributed by atoms with Crippen LogP contribution in [-0.4, -0.2) is 22.2 Å². The Bertz CT molecular complexity index is 417. The number of aliphatic carboxylic acids is 1. The Morgan fingerprint density at radius 2 is 2.06 bits per heavy atom. The molecule has 1 aromatic carbocycles. The normalized spacial score (nSPS) is 11.8. The lowest BCUT2D eigenvalue weighted by Crippen LogP contribution is -2.26. The lowest BCUT2D eigenvalue weighted by Gasteiger charge is -2.14. The van der Waals surface area contributed by atoms with Crippen molar-refractivity contribution in [3.8, 4) is 5.75 Å². The molecule has 1 aromatic rings. The molecule has 0 bridgehead atoms. The van der Waals surface area contributed by atoms with E-state index in [4.69, 9.17) is 27.8 Å². The van der Waals surface area contributed by atoms with E-state index in [1.165, 1.54) is 0 Å². The molecule has 0 radical (unpaired) electrons. The van der Waals surface area contributed by atoms with Crippen LogP contribution in [0.25, 0.3) is 0 Å². The molecule has 0 aliphatic heterocycles. The Hall–Kier alpha value is -1.62. The molecule has 1 rings (SSSR count). The number of thiocarbonyl (C=S) groups is 1. The van der Waals surface area contributed by atoms with Gasteiger partial charge in [-0.25, -0.2) is 4.79 Å². The molecule has 0 saturated carbocycles. The second-order valence-corrected chi connectivity index (χ2v) is 4.54. The van der Waals surface area contributed by atoms with Gasteiger partial charge in [0.15, 0.2) is 6.10 Å². The molecule has 3 N–H and O–H groups in total. The molecule has 0 aliphatic carbocycles. The first-order chi connectivity index (χ1) is 8.52. The van der Waals surface area contributed by atoms with Crippen LogP contribution in [0.15, 0.2) is 24.3 Å². The van der Waals surface area contributed by atoms with Crippen molar-refractivity contribution in [2.75, 3.05) is 0 Å². The van der Waals surface area contributed by atoms with Crippen molar-refractivity contribution in [1.29, 1.82) is 0 Å². The van der Waals surface area contributed by atoms with Crippen molar-refractivity contribution >= 4 is 23.2 Å². The number of carboxylic acids is 1. The van der Waals surface area contributed by atoms with Gasteiger partial charge in [-0.2, -0.15) is 0 Å². The van der Waals surface area contributed by atoms with Gasteiger partial charge in [-0.05, 0) is 24.1 Å². The van der Waals surface area contributed by atoms with Crippen LogP contribution in [0.2, 0.25) is 0 Å². The third kappa shape index (κ3) is 4.71. The fourth-order valence-corrected chi connectivity index (χ4v) is 1.71. The van der Waals surface area contributed by atoms with Crippen LogP contribution in [0, 0.1) is 0 Å². The van der Waals surface area contributed by atoms with Crippen molar-refractivity contribution in [3.05, 3.63) is 29.8 Å². The number of benzene rings is 1. The minimum Gasteiger partial charge on any atom is -0.479 e. The van der Waals surface area contributed by atoms with Crippen LogP contribution in [0.3, 0.4) is 0 Å². The highest BCUT2D eigenvalue weighted by atomic mass is 32.1. The van der Waals surface area contributed by atoms with Gasteiger partial charge in [-0.1, -0.05) is 37.7 Å². The first-order valence-corrected chi connectivity index (χ1v) is 6.20. The maximum absolute atomic E-state index is 10.9. The van der Waals surface area contributed by atoms with Gasteiger partial charge in [0, 0.05) is 6.42 Å². The molecular formula is C13H17NO3S. The summed E-state index contributed by atoms with van der Waals surface area (Å²) in [5.41, 5.74) is 6.43. The molecule has 18 heavy (non-hydrogen) atoms. The smallest absolute Gasteiger partial charge is 0.344 e. The summed E-state index contributed by atoms with van der Waals surface area (Å²) in [5, 5.41) is 8.98. The number of nitrogens with two attached hydrogens (primary N) is 1. The van der Waals surface area contributed by atoms with E-state index in [0.29, 0.717) is 23.6 Å². The molecule has 5 heteroatoms. The second-order valence-electron chi connectivity index (χ2n) is 4.02. The highest BCUT2D eigenvalue weighted by Gasteiger charge is 2.17. The molecule has 1 atom stereocenters. The topological polar surface area (TPSA) is 72.5 Å². The Kier molecular flexibility index (Phi) is 5.58. The van der Waals surface area contributed by atoms with Gasteiger partial charge in [0.2, 0.25) is 0 Å². The maximum atomic E-state index is 10.9. The van der Waals surface area contributed by atoms with E-state index < -0.39 is 12.1 Å². The lowest BCUT2D eigenvalue weighted by molar-refractivity contribution is -0.145. The zero-order valence-electron chi connectivity index (χ0n) is 10.3. The molecule has 0 spiro atoms. The molecular weight excluding hydrogens is 250 g/mol. The molecule has 0 saturated heterocycles. The number of hydrogen-bond donors (Lipinski definition) is 2. The summed E-state index contributed by atoms with van der Waals surface area (Å²) in [6, 6.07) is 7.14. The highest BCUT2D eigenvalue weighted by Crippen LogP contribution is 2.16. The van der Waals surface area contributed by atoms with E-state index in [1.54, 1.807) is 12.1 Å². The highest BCUT2D eigenvalue weighted by molar-refractivity contribution is 7.80. The molecule has 4 nitrogen and oxygen atoms in total. The second kappa shape index (κ2) is 6.96. The third-order valence-electron chi connectivity index (χ3n) is 2.41. The van der Waals surface area contributed by atoms with E-state index in [-0.39, 0.29) is 0 Å². The summed E-state index contributed by atoms with van der Waals surface area (Å²) in [4.78, 5) is 11.4. The van der Waals surface area contributed by atoms with E-state index in [1.807, 2.05) is 19.1 Å². The van der Waals surface area contributed by atoms with Gasteiger partial charge in [-0.3, -0.25) is 0 Å². The van der Waals surface area contributed by atoms with E-state index >= 15 is 0 Å². The Labute approximate surface area is 112 Å². The van der Waals surface area contributed by atoms with Crippen molar-refractivity contribution in [1.82, 2.24) is 0 Å². The minimum absolute atomic E-state index is 0.429. The fraction of sp³-hybridized carbons (Fsp3) is 0.385. The summed E-state index contributed by atoms with van der Waals surface area (Å²) < 4.78 is 5.41. The van der Waals surface area contributed by atoms with Crippen LogP contribution in [-0.2, 0) is 11.2 Å². The van der Waals surface area contributed by atoms with Crippen molar-refractivity contribution in [3.63, 3.8) is 0 Å². The average Bonchev–Trinajstić information content (AvgIpc) is 2.30. The van der Waals surface area contributed by atoms with Crippen molar-refractivity contribution in [2.45, 2.75) is 32.3 Å². The number of carbonyl (C=O) groups is 1. The molecule has 1 unspecified atom stereocenters. The van der Waals surface area contributed by atoms with Gasteiger partial charge in [0.25, 0.3) is 0 Å². The molecule has 98 valence electrons. The number of hydrogen-bond acceptors (Lipinski definition) is 3. The molecule has 0 aromatic heterocycles. The van der Waals surface area contributed by atoms with Crippen LogP contribution >= 0.6 is 12.2 Å². The molecule has 0 amide bonds. The Morgan fingerprint density at radius 3 is 2.50 bits per heavy atom.